The van der Waals surface area contributed by atoms with E-state index in [4.69, 9.17) is 5.73 Å². The molecule has 0 saturated carbocycles. The second-order valence-corrected chi connectivity index (χ2v) is 8.40. The average Bonchev–Trinajstić information content (AvgIpc) is 3.27. The Morgan fingerprint density at radius 2 is 0.971 bits per heavy atom. The minimum absolute atomic E-state index is 0. The first-order valence-electron chi connectivity index (χ1n) is 11.5. The van der Waals surface area contributed by atoms with E-state index in [1.165, 1.54) is 39.0 Å². The number of rotatable bonds is 4. The first-order chi connectivity index (χ1) is 16.1. The molecular formula is C32H29NRu. The van der Waals surface area contributed by atoms with Gasteiger partial charge >= 0.3 is 19.5 Å². The van der Waals surface area contributed by atoms with Crippen LogP contribution in [0.3, 0.4) is 0 Å². The summed E-state index contributed by atoms with van der Waals surface area (Å²) in [4.78, 5) is 0. The molecular weight excluding hydrogens is 499 g/mol. The van der Waals surface area contributed by atoms with Crippen LogP contribution in [0.25, 0.3) is 22.5 Å². The van der Waals surface area contributed by atoms with Crippen molar-refractivity contribution in [3.63, 3.8) is 0 Å². The van der Waals surface area contributed by atoms with E-state index in [0.29, 0.717) is 0 Å². The van der Waals surface area contributed by atoms with Gasteiger partial charge in [-0.1, -0.05) is 134 Å². The van der Waals surface area contributed by atoms with Gasteiger partial charge in [-0.15, -0.1) is 29.3 Å². The summed E-state index contributed by atoms with van der Waals surface area (Å²) < 4.78 is 0. The van der Waals surface area contributed by atoms with E-state index in [1.807, 2.05) is 13.8 Å². The molecule has 0 spiro atoms. The zero-order chi connectivity index (χ0) is 23.0. The number of allylic oxidation sites excluding steroid dienone is 4. The second kappa shape index (κ2) is 12.4. The molecule has 34 heavy (non-hydrogen) atoms. The molecule has 0 aromatic heterocycles. The Balaban J connectivity index is 0.000000603. The maximum absolute atomic E-state index is 6.58. The minimum atomic E-state index is 0. The van der Waals surface area contributed by atoms with Gasteiger partial charge in [0.25, 0.3) is 0 Å². The summed E-state index contributed by atoms with van der Waals surface area (Å²) in [5, 5.41) is 0. The van der Waals surface area contributed by atoms with Crippen LogP contribution >= 0.6 is 0 Å². The number of hydrogen-bond acceptors (Lipinski definition) is 0. The molecule has 4 aromatic carbocycles. The van der Waals surface area contributed by atoms with Gasteiger partial charge in [0, 0.05) is 0 Å². The molecule has 1 aliphatic carbocycles. The average molecular weight is 529 g/mol. The molecule has 1 nitrogen and oxygen atoms in total. The molecule has 1 atom stereocenters. The molecule has 0 amide bonds. The van der Waals surface area contributed by atoms with Crippen LogP contribution in [0.2, 0.25) is 0 Å². The summed E-state index contributed by atoms with van der Waals surface area (Å²) in [6, 6.07) is 42.9. The number of hydrogen-bond donors (Lipinski definition) is 0. The topological polar surface area (TPSA) is 23.8 Å². The van der Waals surface area contributed by atoms with Crippen molar-refractivity contribution in [2.45, 2.75) is 25.8 Å². The van der Waals surface area contributed by atoms with Crippen molar-refractivity contribution >= 4 is 16.7 Å². The van der Waals surface area contributed by atoms with E-state index in [-0.39, 0.29) is 31.4 Å². The van der Waals surface area contributed by atoms with Crippen molar-refractivity contribution in [2.75, 3.05) is 0 Å². The Morgan fingerprint density at radius 3 is 1.44 bits per heavy atom. The molecule has 2 heteroatoms. The van der Waals surface area contributed by atoms with E-state index in [2.05, 4.69) is 127 Å². The van der Waals surface area contributed by atoms with Crippen molar-refractivity contribution in [3.05, 3.63) is 155 Å². The Bertz CT molecular complexity index is 1210. The van der Waals surface area contributed by atoms with E-state index in [1.54, 1.807) is 0 Å². The van der Waals surface area contributed by atoms with Crippen LogP contribution in [-0.2, 0) is 19.5 Å². The zero-order valence-electron chi connectivity index (χ0n) is 19.6. The molecule has 0 heterocycles. The first kappa shape index (κ1) is 25.6. The Kier molecular flexibility index (Phi) is 9.34. The van der Waals surface area contributed by atoms with Gasteiger partial charge in [0.15, 0.2) is 0 Å². The van der Waals surface area contributed by atoms with Crippen molar-refractivity contribution in [2.24, 2.45) is 0 Å². The predicted octanol–water partition coefficient (Wildman–Crippen LogP) is 8.73. The Labute approximate surface area is 216 Å². The molecule has 5 rings (SSSR count). The third kappa shape index (κ3) is 6.08. The van der Waals surface area contributed by atoms with Crippen LogP contribution in [0.5, 0.6) is 0 Å². The molecule has 170 valence electrons. The predicted molar refractivity (Wildman–Crippen MR) is 141 cm³/mol. The van der Waals surface area contributed by atoms with Gasteiger partial charge in [-0.25, -0.2) is 0 Å². The standard InChI is InChI=1S/C29H21.C3H8N.Ru/c1-5-13-22(14-6-1)26-21-27(23-15-7-2-8-16-23)29(25-19-11-4-12-20-25)28(26)24-17-9-3-10-18-24;1-3(2)4;/h1-20,26H;3-4H,1-2H3;/q2*-1;+2. The van der Waals surface area contributed by atoms with Crippen LogP contribution < -0.4 is 0 Å². The van der Waals surface area contributed by atoms with Crippen molar-refractivity contribution in [1.29, 1.82) is 0 Å². The van der Waals surface area contributed by atoms with Crippen LogP contribution in [0.15, 0.2) is 121 Å². The van der Waals surface area contributed by atoms with Crippen molar-refractivity contribution in [3.8, 4) is 0 Å². The normalized spacial score (nSPS) is 14.7. The van der Waals surface area contributed by atoms with E-state index >= 15 is 0 Å². The SMILES string of the molecule is CC(C)[NH-].[C-]1=C(c2ccccc2)C(c2ccccc2)=C(c2ccccc2)C1c1ccccc1.[Ru+2]. The quantitative estimate of drug-likeness (QED) is 0.187. The van der Waals surface area contributed by atoms with Crippen molar-refractivity contribution in [1.82, 2.24) is 0 Å². The Morgan fingerprint density at radius 1 is 0.588 bits per heavy atom. The van der Waals surface area contributed by atoms with E-state index in [0.717, 1.165) is 0 Å². The molecule has 0 fully saturated rings. The van der Waals surface area contributed by atoms with Gasteiger partial charge in [-0.05, 0) is 17.0 Å². The summed E-state index contributed by atoms with van der Waals surface area (Å²) in [6.45, 7) is 3.67. The summed E-state index contributed by atoms with van der Waals surface area (Å²) >= 11 is 0. The zero-order valence-corrected chi connectivity index (χ0v) is 21.3. The molecule has 1 N–H and O–H groups in total. The van der Waals surface area contributed by atoms with Crippen LogP contribution in [0, 0.1) is 6.08 Å². The molecule has 0 radical (unpaired) electrons. The van der Waals surface area contributed by atoms with Gasteiger partial charge in [0.2, 0.25) is 0 Å². The molecule has 4 aromatic rings. The molecule has 0 bridgehead atoms. The van der Waals surface area contributed by atoms with Gasteiger partial charge in [0.1, 0.15) is 0 Å². The number of benzene rings is 4. The largest absolute Gasteiger partial charge is 2.00 e. The fourth-order valence-electron chi connectivity index (χ4n) is 4.13. The van der Waals surface area contributed by atoms with Crippen LogP contribution in [0.4, 0.5) is 0 Å². The monoisotopic (exact) mass is 529 g/mol. The number of nitrogens with one attached hydrogen (secondary N) is 1. The Hall–Kier alpha value is -3.06. The third-order valence-corrected chi connectivity index (χ3v) is 5.44. The molecule has 1 unspecified atom stereocenters. The van der Waals surface area contributed by atoms with Gasteiger partial charge < -0.3 is 5.73 Å². The van der Waals surface area contributed by atoms with Crippen LogP contribution in [0.1, 0.15) is 42.0 Å². The van der Waals surface area contributed by atoms with Crippen molar-refractivity contribution < 1.29 is 19.5 Å². The van der Waals surface area contributed by atoms with Crippen LogP contribution in [-0.4, -0.2) is 6.04 Å². The molecule has 1 aliphatic rings. The molecule has 0 saturated heterocycles. The first-order valence-corrected chi connectivity index (χ1v) is 11.5. The van der Waals surface area contributed by atoms with E-state index < -0.39 is 0 Å². The van der Waals surface area contributed by atoms with Gasteiger partial charge in [0.05, 0.1) is 0 Å². The third-order valence-electron chi connectivity index (χ3n) is 5.44. The van der Waals surface area contributed by atoms with Gasteiger partial charge in [-0.3, -0.25) is 0 Å². The fourth-order valence-corrected chi connectivity index (χ4v) is 4.13. The summed E-state index contributed by atoms with van der Waals surface area (Å²) in [6.07, 6.45) is 3.86. The molecule has 0 aliphatic heterocycles. The summed E-state index contributed by atoms with van der Waals surface area (Å²) in [5.74, 6) is 0.101. The summed E-state index contributed by atoms with van der Waals surface area (Å²) in [5.41, 5.74) is 15.3. The fraction of sp³-hybridized carbons (Fsp3) is 0.125. The smallest absolute Gasteiger partial charge is 0.675 e. The van der Waals surface area contributed by atoms with E-state index in [9.17, 15) is 0 Å². The van der Waals surface area contributed by atoms with Gasteiger partial charge in [-0.2, -0.15) is 11.6 Å². The minimum Gasteiger partial charge on any atom is -0.675 e. The second-order valence-electron chi connectivity index (χ2n) is 8.40. The maximum atomic E-state index is 6.58. The summed E-state index contributed by atoms with van der Waals surface area (Å²) in [7, 11) is 0. The maximum Gasteiger partial charge on any atom is 2.00 e.